The zero-order valence-electron chi connectivity index (χ0n) is 15.6. The summed E-state index contributed by atoms with van der Waals surface area (Å²) in [5, 5.41) is 2.76. The van der Waals surface area contributed by atoms with Gasteiger partial charge in [-0.3, -0.25) is 4.79 Å². The molecule has 0 bridgehead atoms. The van der Waals surface area contributed by atoms with Crippen LogP contribution in [0, 0.1) is 0 Å². The van der Waals surface area contributed by atoms with Crippen LogP contribution in [-0.4, -0.2) is 52.0 Å². The van der Waals surface area contributed by atoms with Crippen molar-refractivity contribution in [2.45, 2.75) is 12.0 Å². The lowest BCUT2D eigenvalue weighted by molar-refractivity contribution is -0.146. The van der Waals surface area contributed by atoms with Crippen LogP contribution in [0.15, 0.2) is 60.7 Å². The molecule has 0 aliphatic carbocycles. The minimum Gasteiger partial charge on any atom is -0.467 e. The second kappa shape index (κ2) is 11.1. The molecule has 144 valence electrons. The molecule has 0 fully saturated rings. The van der Waals surface area contributed by atoms with E-state index in [1.807, 2.05) is 60.7 Å². The summed E-state index contributed by atoms with van der Waals surface area (Å²) in [4.78, 5) is 24.8. The predicted octanol–water partition coefficient (Wildman–Crippen LogP) is 2.14. The highest BCUT2D eigenvalue weighted by atomic mass is 16.5. The Hall–Kier alpha value is -2.70. The molecule has 0 spiro atoms. The summed E-state index contributed by atoms with van der Waals surface area (Å²) in [6.45, 7) is 0.533. The number of amides is 1. The SMILES string of the molecule is COCCOCC(=O)N[C@@H](C(=O)OC)C(c1ccccc1)c1ccccc1. The first-order valence-electron chi connectivity index (χ1n) is 8.71. The summed E-state index contributed by atoms with van der Waals surface area (Å²) < 4.78 is 15.1. The Balaban J connectivity index is 2.26. The Kier molecular flexibility index (Phi) is 8.48. The smallest absolute Gasteiger partial charge is 0.329 e. The number of carbonyl (C=O) groups excluding carboxylic acids is 2. The maximum absolute atomic E-state index is 12.5. The van der Waals surface area contributed by atoms with Crippen molar-refractivity contribution in [2.24, 2.45) is 0 Å². The lowest BCUT2D eigenvalue weighted by atomic mass is 9.85. The third-order valence-electron chi connectivity index (χ3n) is 4.09. The summed E-state index contributed by atoms with van der Waals surface area (Å²) in [6.07, 6.45) is 0. The number of rotatable bonds is 10. The van der Waals surface area contributed by atoms with E-state index >= 15 is 0 Å². The molecule has 6 heteroatoms. The van der Waals surface area contributed by atoms with Crippen molar-refractivity contribution in [3.8, 4) is 0 Å². The summed E-state index contributed by atoms with van der Waals surface area (Å²) >= 11 is 0. The maximum atomic E-state index is 12.5. The van der Waals surface area contributed by atoms with Gasteiger partial charge in [0.1, 0.15) is 12.6 Å². The van der Waals surface area contributed by atoms with Crippen LogP contribution in [0.3, 0.4) is 0 Å². The quantitative estimate of drug-likeness (QED) is 0.512. The van der Waals surface area contributed by atoms with Gasteiger partial charge in [0.15, 0.2) is 0 Å². The third-order valence-corrected chi connectivity index (χ3v) is 4.09. The molecule has 0 saturated heterocycles. The first-order chi connectivity index (χ1) is 13.2. The Labute approximate surface area is 159 Å². The molecule has 6 nitrogen and oxygen atoms in total. The normalized spacial score (nSPS) is 11.8. The van der Waals surface area contributed by atoms with Crippen molar-refractivity contribution in [2.75, 3.05) is 34.0 Å². The first-order valence-corrected chi connectivity index (χ1v) is 8.71. The van der Waals surface area contributed by atoms with E-state index in [4.69, 9.17) is 14.2 Å². The van der Waals surface area contributed by atoms with Gasteiger partial charge in [0.2, 0.25) is 5.91 Å². The molecule has 0 heterocycles. The van der Waals surface area contributed by atoms with E-state index in [-0.39, 0.29) is 12.5 Å². The average molecular weight is 371 g/mol. The van der Waals surface area contributed by atoms with Crippen LogP contribution in [0.25, 0.3) is 0 Å². The molecule has 0 radical (unpaired) electrons. The number of methoxy groups -OCH3 is 2. The first kappa shape index (κ1) is 20.6. The van der Waals surface area contributed by atoms with Crippen molar-refractivity contribution in [1.82, 2.24) is 5.32 Å². The zero-order valence-corrected chi connectivity index (χ0v) is 15.6. The summed E-state index contributed by atoms with van der Waals surface area (Å²) in [7, 11) is 2.87. The van der Waals surface area contributed by atoms with Crippen LogP contribution in [-0.2, 0) is 23.8 Å². The van der Waals surface area contributed by atoms with Crippen LogP contribution < -0.4 is 5.32 Å². The van der Waals surface area contributed by atoms with Gasteiger partial charge in [0, 0.05) is 13.0 Å². The molecule has 0 aromatic heterocycles. The Bertz CT molecular complexity index is 666. The molecule has 0 saturated carbocycles. The van der Waals surface area contributed by atoms with Crippen molar-refractivity contribution in [3.63, 3.8) is 0 Å². The molecule has 2 rings (SSSR count). The fraction of sp³-hybridized carbons (Fsp3) is 0.333. The number of ether oxygens (including phenoxy) is 3. The standard InChI is InChI=1S/C21H25NO5/c1-25-13-14-27-15-18(23)22-20(21(24)26-2)19(16-9-5-3-6-10-16)17-11-7-4-8-12-17/h3-12,19-20H,13-15H2,1-2H3,(H,22,23)/t20-/m1/s1. The van der Waals surface area contributed by atoms with Gasteiger partial charge in [-0.25, -0.2) is 4.79 Å². The minimum atomic E-state index is -0.877. The topological polar surface area (TPSA) is 73.9 Å². The predicted molar refractivity (Wildman–Crippen MR) is 101 cm³/mol. The van der Waals surface area contributed by atoms with Gasteiger partial charge in [0.25, 0.3) is 0 Å². The number of hydrogen-bond donors (Lipinski definition) is 1. The molecule has 0 aliphatic rings. The molecule has 27 heavy (non-hydrogen) atoms. The highest BCUT2D eigenvalue weighted by Crippen LogP contribution is 2.28. The van der Waals surface area contributed by atoms with E-state index in [1.54, 1.807) is 7.11 Å². The van der Waals surface area contributed by atoms with Crippen LogP contribution in [0.4, 0.5) is 0 Å². The summed E-state index contributed by atoms with van der Waals surface area (Å²) in [6, 6.07) is 18.2. The van der Waals surface area contributed by atoms with Crippen molar-refractivity contribution in [3.05, 3.63) is 71.8 Å². The second-order valence-corrected chi connectivity index (χ2v) is 5.91. The van der Waals surface area contributed by atoms with Gasteiger partial charge in [-0.1, -0.05) is 60.7 Å². The van der Waals surface area contributed by atoms with E-state index in [9.17, 15) is 9.59 Å². The van der Waals surface area contributed by atoms with Crippen LogP contribution in [0.5, 0.6) is 0 Å². The lowest BCUT2D eigenvalue weighted by Gasteiger charge is -2.27. The monoisotopic (exact) mass is 371 g/mol. The number of benzene rings is 2. The minimum absolute atomic E-state index is 0.160. The van der Waals surface area contributed by atoms with Crippen LogP contribution in [0.2, 0.25) is 0 Å². The average Bonchev–Trinajstić information content (AvgIpc) is 2.72. The fourth-order valence-corrected chi connectivity index (χ4v) is 2.83. The van der Waals surface area contributed by atoms with Crippen molar-refractivity contribution >= 4 is 11.9 Å². The van der Waals surface area contributed by atoms with Gasteiger partial charge < -0.3 is 19.5 Å². The molecule has 0 unspecified atom stereocenters. The van der Waals surface area contributed by atoms with E-state index in [0.29, 0.717) is 13.2 Å². The highest BCUT2D eigenvalue weighted by Gasteiger charge is 2.33. The van der Waals surface area contributed by atoms with Gasteiger partial charge in [-0.05, 0) is 11.1 Å². The molecule has 1 N–H and O–H groups in total. The maximum Gasteiger partial charge on any atom is 0.329 e. The Morgan fingerprint density at radius 1 is 0.889 bits per heavy atom. The number of nitrogens with one attached hydrogen (secondary N) is 1. The Morgan fingerprint density at radius 2 is 1.44 bits per heavy atom. The molecule has 2 aromatic carbocycles. The Morgan fingerprint density at radius 3 is 1.93 bits per heavy atom. The van der Waals surface area contributed by atoms with E-state index < -0.39 is 17.9 Å². The molecule has 1 atom stereocenters. The number of carbonyl (C=O) groups is 2. The van der Waals surface area contributed by atoms with Crippen LogP contribution >= 0.6 is 0 Å². The summed E-state index contributed by atoms with van der Waals surface area (Å²) in [5.74, 6) is -1.29. The van der Waals surface area contributed by atoms with Gasteiger partial charge in [-0.15, -0.1) is 0 Å². The van der Waals surface area contributed by atoms with Gasteiger partial charge >= 0.3 is 5.97 Å². The highest BCUT2D eigenvalue weighted by molar-refractivity contribution is 5.86. The molecule has 0 aliphatic heterocycles. The second-order valence-electron chi connectivity index (χ2n) is 5.91. The van der Waals surface area contributed by atoms with E-state index in [1.165, 1.54) is 7.11 Å². The molecule has 1 amide bonds. The van der Waals surface area contributed by atoms with Gasteiger partial charge in [0.05, 0.1) is 20.3 Å². The fourth-order valence-electron chi connectivity index (χ4n) is 2.83. The number of esters is 1. The molecule has 2 aromatic rings. The number of hydrogen-bond acceptors (Lipinski definition) is 5. The summed E-state index contributed by atoms with van der Waals surface area (Å²) in [5.41, 5.74) is 1.81. The van der Waals surface area contributed by atoms with E-state index in [2.05, 4.69) is 5.32 Å². The van der Waals surface area contributed by atoms with Crippen molar-refractivity contribution in [1.29, 1.82) is 0 Å². The largest absolute Gasteiger partial charge is 0.467 e. The van der Waals surface area contributed by atoms with Crippen molar-refractivity contribution < 1.29 is 23.8 Å². The third kappa shape index (κ3) is 6.20. The lowest BCUT2D eigenvalue weighted by Crippen LogP contribution is -2.47. The zero-order chi connectivity index (χ0) is 19.5. The van der Waals surface area contributed by atoms with E-state index in [0.717, 1.165) is 11.1 Å². The molecular weight excluding hydrogens is 346 g/mol. The molecular formula is C21H25NO5. The van der Waals surface area contributed by atoms with Gasteiger partial charge in [-0.2, -0.15) is 0 Å². The van der Waals surface area contributed by atoms with Crippen LogP contribution in [0.1, 0.15) is 17.0 Å².